The molecule has 0 amide bonds. The first-order chi connectivity index (χ1) is 9.95. The fourth-order valence-electron chi connectivity index (χ4n) is 2.41. The number of nitrogens with zero attached hydrogens (tertiary/aromatic N) is 1. The van der Waals surface area contributed by atoms with E-state index < -0.39 is 0 Å². The Kier molecular flexibility index (Phi) is 5.07. The van der Waals surface area contributed by atoms with Gasteiger partial charge in [-0.05, 0) is 49.1 Å². The maximum Gasteiger partial charge on any atom is 0.141 e. The first-order valence-corrected chi connectivity index (χ1v) is 7.39. The summed E-state index contributed by atoms with van der Waals surface area (Å²) in [5, 5.41) is 3.51. The largest absolute Gasteiger partial charge is 0.306 e. The van der Waals surface area contributed by atoms with Crippen LogP contribution in [0.2, 0.25) is 0 Å². The van der Waals surface area contributed by atoms with Gasteiger partial charge in [0.15, 0.2) is 0 Å². The van der Waals surface area contributed by atoms with Crippen molar-refractivity contribution in [1.82, 2.24) is 10.3 Å². The Hall–Kier alpha value is -1.74. The molecule has 21 heavy (non-hydrogen) atoms. The number of halogens is 1. The van der Waals surface area contributed by atoms with Crippen molar-refractivity contribution in [2.75, 3.05) is 0 Å². The molecule has 1 heterocycles. The smallest absolute Gasteiger partial charge is 0.141 e. The van der Waals surface area contributed by atoms with Gasteiger partial charge in [-0.2, -0.15) is 0 Å². The number of benzene rings is 1. The minimum atomic E-state index is -0.298. The van der Waals surface area contributed by atoms with Crippen LogP contribution in [0.4, 0.5) is 4.39 Å². The second-order valence-electron chi connectivity index (χ2n) is 5.90. The van der Waals surface area contributed by atoms with Crippen molar-refractivity contribution in [2.24, 2.45) is 0 Å². The molecule has 2 nitrogen and oxygen atoms in total. The van der Waals surface area contributed by atoms with Gasteiger partial charge in [-0.1, -0.05) is 32.0 Å². The third-order valence-electron chi connectivity index (χ3n) is 3.65. The third-order valence-corrected chi connectivity index (χ3v) is 3.65. The fraction of sp³-hybridized carbons (Fsp3) is 0.389. The van der Waals surface area contributed by atoms with Crippen LogP contribution in [-0.4, -0.2) is 11.0 Å². The van der Waals surface area contributed by atoms with Crippen LogP contribution in [0.15, 0.2) is 36.5 Å². The van der Waals surface area contributed by atoms with Crippen molar-refractivity contribution in [3.63, 3.8) is 0 Å². The number of hydrogen-bond acceptors (Lipinski definition) is 2. The summed E-state index contributed by atoms with van der Waals surface area (Å²) in [6.07, 6.45) is 2.13. The molecule has 0 aliphatic heterocycles. The molecule has 1 N–H and O–H groups in total. The van der Waals surface area contributed by atoms with E-state index in [1.807, 2.05) is 0 Å². The minimum Gasteiger partial charge on any atom is -0.306 e. The average molecular weight is 286 g/mol. The Balaban J connectivity index is 2.23. The van der Waals surface area contributed by atoms with E-state index in [4.69, 9.17) is 0 Å². The van der Waals surface area contributed by atoms with Gasteiger partial charge in [-0.3, -0.25) is 4.98 Å². The molecule has 0 aliphatic carbocycles. The van der Waals surface area contributed by atoms with E-state index in [1.54, 1.807) is 6.07 Å². The highest BCUT2D eigenvalue weighted by molar-refractivity contribution is 5.31. The molecular formula is C18H23FN2. The quantitative estimate of drug-likeness (QED) is 0.894. The lowest BCUT2D eigenvalue weighted by Gasteiger charge is -2.21. The van der Waals surface area contributed by atoms with Gasteiger partial charge in [0, 0.05) is 6.04 Å². The number of rotatable bonds is 5. The van der Waals surface area contributed by atoms with Gasteiger partial charge >= 0.3 is 0 Å². The molecule has 0 saturated carbocycles. The Morgan fingerprint density at radius 1 is 1.10 bits per heavy atom. The molecule has 1 aromatic heterocycles. The Morgan fingerprint density at radius 2 is 1.86 bits per heavy atom. The normalized spacial score (nSPS) is 12.7. The van der Waals surface area contributed by atoms with Crippen LogP contribution in [0.1, 0.15) is 42.3 Å². The van der Waals surface area contributed by atoms with Crippen LogP contribution in [-0.2, 0) is 6.42 Å². The lowest BCUT2D eigenvalue weighted by Crippen LogP contribution is -2.30. The zero-order chi connectivity index (χ0) is 15.4. The summed E-state index contributed by atoms with van der Waals surface area (Å²) in [5.41, 5.74) is 4.74. The number of aromatic nitrogens is 1. The average Bonchev–Trinajstić information content (AvgIpc) is 2.42. The summed E-state index contributed by atoms with van der Waals surface area (Å²) < 4.78 is 13.1. The lowest BCUT2D eigenvalue weighted by atomic mass is 9.98. The number of hydrogen-bond donors (Lipinski definition) is 1. The standard InChI is InChI=1S/C18H23FN2/c1-12(2)21-18(17-8-7-16(19)11-20-17)10-15-6-5-13(3)14(4)9-15/h5-9,11-12,18,21H,10H2,1-4H3. The summed E-state index contributed by atoms with van der Waals surface area (Å²) in [5.74, 6) is -0.298. The number of pyridine rings is 1. The van der Waals surface area contributed by atoms with Crippen LogP contribution in [0.25, 0.3) is 0 Å². The molecule has 1 atom stereocenters. The minimum absolute atomic E-state index is 0.0905. The third kappa shape index (κ3) is 4.36. The molecule has 0 spiro atoms. The molecule has 2 rings (SSSR count). The van der Waals surface area contributed by atoms with Gasteiger partial charge in [-0.15, -0.1) is 0 Å². The van der Waals surface area contributed by atoms with E-state index in [1.165, 1.54) is 29.0 Å². The zero-order valence-electron chi connectivity index (χ0n) is 13.2. The SMILES string of the molecule is Cc1ccc(CC(NC(C)C)c2ccc(F)cn2)cc1C. The molecule has 3 heteroatoms. The van der Waals surface area contributed by atoms with Gasteiger partial charge in [-0.25, -0.2) is 4.39 Å². The first kappa shape index (κ1) is 15.6. The van der Waals surface area contributed by atoms with E-state index in [0.717, 1.165) is 12.1 Å². The maximum atomic E-state index is 13.1. The van der Waals surface area contributed by atoms with Crippen LogP contribution in [0.3, 0.4) is 0 Å². The number of nitrogens with one attached hydrogen (secondary N) is 1. The molecule has 0 fully saturated rings. The lowest BCUT2D eigenvalue weighted by molar-refractivity contribution is 0.464. The fourth-order valence-corrected chi connectivity index (χ4v) is 2.41. The predicted octanol–water partition coefficient (Wildman–Crippen LogP) is 4.12. The number of aryl methyl sites for hydroxylation is 2. The van der Waals surface area contributed by atoms with E-state index in [-0.39, 0.29) is 11.9 Å². The Labute approximate surface area is 126 Å². The van der Waals surface area contributed by atoms with Crippen molar-refractivity contribution in [3.05, 3.63) is 64.7 Å². The highest BCUT2D eigenvalue weighted by Gasteiger charge is 2.15. The van der Waals surface area contributed by atoms with Crippen LogP contribution in [0.5, 0.6) is 0 Å². The second-order valence-corrected chi connectivity index (χ2v) is 5.90. The molecule has 0 bridgehead atoms. The van der Waals surface area contributed by atoms with Crippen molar-refractivity contribution in [2.45, 2.75) is 46.2 Å². The van der Waals surface area contributed by atoms with Gasteiger partial charge in [0.05, 0.1) is 17.9 Å². The Morgan fingerprint density at radius 3 is 2.43 bits per heavy atom. The zero-order valence-corrected chi connectivity index (χ0v) is 13.2. The van der Waals surface area contributed by atoms with Crippen LogP contribution < -0.4 is 5.32 Å². The second kappa shape index (κ2) is 6.81. The monoisotopic (exact) mass is 286 g/mol. The molecule has 1 unspecified atom stereocenters. The first-order valence-electron chi connectivity index (χ1n) is 7.39. The summed E-state index contributed by atoms with van der Waals surface area (Å²) >= 11 is 0. The molecule has 0 radical (unpaired) electrons. The molecule has 2 aromatic rings. The van der Waals surface area contributed by atoms with E-state index >= 15 is 0 Å². The summed E-state index contributed by atoms with van der Waals surface area (Å²) in [6.45, 7) is 8.46. The molecular weight excluding hydrogens is 263 g/mol. The molecule has 1 aromatic carbocycles. The summed E-state index contributed by atoms with van der Waals surface area (Å²) in [4.78, 5) is 4.23. The summed E-state index contributed by atoms with van der Waals surface area (Å²) in [6, 6.07) is 10.2. The molecule has 112 valence electrons. The van der Waals surface area contributed by atoms with E-state index in [9.17, 15) is 4.39 Å². The summed E-state index contributed by atoms with van der Waals surface area (Å²) in [7, 11) is 0. The van der Waals surface area contributed by atoms with Gasteiger partial charge in [0.1, 0.15) is 5.82 Å². The van der Waals surface area contributed by atoms with Gasteiger partial charge < -0.3 is 5.32 Å². The molecule has 0 saturated heterocycles. The van der Waals surface area contributed by atoms with Crippen LogP contribution >= 0.6 is 0 Å². The highest BCUT2D eigenvalue weighted by atomic mass is 19.1. The van der Waals surface area contributed by atoms with Gasteiger partial charge in [0.2, 0.25) is 0 Å². The predicted molar refractivity (Wildman–Crippen MR) is 84.8 cm³/mol. The topological polar surface area (TPSA) is 24.9 Å². The maximum absolute atomic E-state index is 13.1. The van der Waals surface area contributed by atoms with Crippen molar-refractivity contribution >= 4 is 0 Å². The van der Waals surface area contributed by atoms with Crippen molar-refractivity contribution in [3.8, 4) is 0 Å². The Bertz CT molecular complexity index is 591. The van der Waals surface area contributed by atoms with Crippen molar-refractivity contribution in [1.29, 1.82) is 0 Å². The van der Waals surface area contributed by atoms with E-state index in [2.05, 4.69) is 56.2 Å². The highest BCUT2D eigenvalue weighted by Crippen LogP contribution is 2.19. The van der Waals surface area contributed by atoms with Gasteiger partial charge in [0.25, 0.3) is 0 Å². The van der Waals surface area contributed by atoms with Crippen molar-refractivity contribution < 1.29 is 4.39 Å². The van der Waals surface area contributed by atoms with E-state index in [0.29, 0.717) is 6.04 Å². The van der Waals surface area contributed by atoms with Crippen LogP contribution in [0, 0.1) is 19.7 Å². The molecule has 0 aliphatic rings.